The third kappa shape index (κ3) is 6.72. The molecule has 57 heavy (non-hydrogen) atoms. The molecule has 2 nitrogen and oxygen atoms in total. The Labute approximate surface area is 317 Å². The largest absolute Gasteiger partial charge is 0.460 e. The van der Waals surface area contributed by atoms with Crippen molar-refractivity contribution in [3.63, 3.8) is 0 Å². The van der Waals surface area contributed by atoms with Crippen LogP contribution in [0.25, 0.3) is 0 Å². The van der Waals surface area contributed by atoms with E-state index >= 15 is 8.78 Å². The SMILES string of the molecule is O=C(OS(c1ccccc1)(c1ccccc1)c1ccc(I)cc1)C(F)(F)C(F)(F)C(F)(F)C(F)(F)C(F)(F)C(F)(F)C(F)(F)C(F)(F)C(F)(F)C(F)(F)C(F)(F)F. The van der Waals surface area contributed by atoms with Crippen LogP contribution in [0.5, 0.6) is 0 Å². The fourth-order valence-corrected chi connectivity index (χ4v) is 7.85. The summed E-state index contributed by atoms with van der Waals surface area (Å²) in [6, 6.07) is 14.8. The number of carbonyl (C=O) groups is 1. The van der Waals surface area contributed by atoms with Gasteiger partial charge in [-0.1, -0.05) is 36.4 Å². The zero-order chi connectivity index (χ0) is 44.5. The van der Waals surface area contributed by atoms with Crippen molar-refractivity contribution < 1.29 is 110 Å². The van der Waals surface area contributed by atoms with Crippen LogP contribution >= 0.6 is 32.9 Å². The standard InChI is InChI=1S/C30H14F23IO2S/c31-20(32,19(55)56-57(16-7-3-1-4-8-16,17-9-5-2-6-10-17)18-13-11-15(54)12-14-18)21(33,34)22(35,36)23(37,38)24(39,40)25(41,42)26(43,44)27(45,46)28(47,48)29(49,50)30(51,52)53/h1-14H. The van der Waals surface area contributed by atoms with Gasteiger partial charge in [-0.25, -0.2) is 4.79 Å². The van der Waals surface area contributed by atoms with E-state index in [0.717, 1.165) is 72.8 Å². The predicted molar refractivity (Wildman–Crippen MR) is 156 cm³/mol. The molecule has 0 aromatic heterocycles. The van der Waals surface area contributed by atoms with Crippen molar-refractivity contribution in [2.24, 2.45) is 0 Å². The molecule has 0 aliphatic heterocycles. The summed E-state index contributed by atoms with van der Waals surface area (Å²) in [6.45, 7) is 0. The van der Waals surface area contributed by atoms with Gasteiger partial charge in [-0.15, -0.1) is 0 Å². The zero-order valence-corrected chi connectivity index (χ0v) is 29.4. The van der Waals surface area contributed by atoms with Crippen LogP contribution in [0.3, 0.4) is 0 Å². The fourth-order valence-electron chi connectivity index (χ4n) is 4.45. The van der Waals surface area contributed by atoms with Gasteiger partial charge in [0.15, 0.2) is 0 Å². The van der Waals surface area contributed by atoms with Crippen molar-refractivity contribution in [2.75, 3.05) is 0 Å². The van der Waals surface area contributed by atoms with Crippen LogP contribution in [0.1, 0.15) is 0 Å². The minimum absolute atomic E-state index is 0.328. The van der Waals surface area contributed by atoms with Crippen LogP contribution in [0.2, 0.25) is 0 Å². The van der Waals surface area contributed by atoms with Crippen LogP contribution in [-0.4, -0.2) is 71.4 Å². The molecule has 0 unspecified atom stereocenters. The Kier molecular flexibility index (Phi) is 12.1. The lowest BCUT2D eigenvalue weighted by molar-refractivity contribution is -0.477. The number of halogens is 24. The van der Waals surface area contributed by atoms with E-state index in [4.69, 9.17) is 0 Å². The monoisotopic (exact) mass is 1000 g/mol. The van der Waals surface area contributed by atoms with E-state index < -0.39 is 96.4 Å². The maximum absolute atomic E-state index is 15.3. The summed E-state index contributed by atoms with van der Waals surface area (Å²) in [5.41, 5.74) is 0. The van der Waals surface area contributed by atoms with Crippen LogP contribution in [0.15, 0.2) is 99.6 Å². The quantitative estimate of drug-likeness (QED) is 0.119. The smallest absolute Gasteiger partial charge is 0.397 e. The molecule has 27 heteroatoms. The van der Waals surface area contributed by atoms with Crippen molar-refractivity contribution in [1.29, 1.82) is 0 Å². The summed E-state index contributed by atoms with van der Waals surface area (Å²) in [6.07, 6.45) is -8.16. The summed E-state index contributed by atoms with van der Waals surface area (Å²) in [4.78, 5) is 11.5. The Morgan fingerprint density at radius 3 is 0.947 bits per heavy atom. The highest BCUT2D eigenvalue weighted by molar-refractivity contribution is 14.1. The van der Waals surface area contributed by atoms with E-state index in [1.54, 1.807) is 22.6 Å². The first-order chi connectivity index (χ1) is 25.3. The first-order valence-corrected chi connectivity index (χ1v) is 16.8. The molecule has 0 amide bonds. The van der Waals surface area contributed by atoms with Gasteiger partial charge in [-0.2, -0.15) is 101 Å². The van der Waals surface area contributed by atoms with E-state index in [1.165, 1.54) is 12.1 Å². The van der Waals surface area contributed by atoms with Crippen LogP contribution < -0.4 is 0 Å². The molecular formula is C30H14F23IO2S. The van der Waals surface area contributed by atoms with Crippen molar-refractivity contribution in [1.82, 2.24) is 0 Å². The molecule has 3 aromatic rings. The maximum atomic E-state index is 15.3. The second-order valence-corrected chi connectivity index (χ2v) is 15.2. The van der Waals surface area contributed by atoms with E-state index in [0.29, 0.717) is 3.57 Å². The molecule has 0 aliphatic rings. The Morgan fingerprint density at radius 1 is 0.386 bits per heavy atom. The predicted octanol–water partition coefficient (Wildman–Crippen LogP) is 12.9. The molecule has 320 valence electrons. The van der Waals surface area contributed by atoms with Crippen molar-refractivity contribution in [3.05, 3.63) is 88.5 Å². The van der Waals surface area contributed by atoms with Gasteiger partial charge in [0.1, 0.15) is 0 Å². The maximum Gasteiger partial charge on any atom is 0.460 e. The van der Waals surface area contributed by atoms with Gasteiger partial charge in [-0.3, -0.25) is 0 Å². The fraction of sp³-hybridized carbons (Fsp3) is 0.367. The average molecular weight is 1000 g/mol. The second-order valence-electron chi connectivity index (χ2n) is 11.2. The molecular weight excluding hydrogens is 988 g/mol. The highest BCUT2D eigenvalue weighted by Gasteiger charge is 2.99. The Morgan fingerprint density at radius 2 is 0.649 bits per heavy atom. The third-order valence-corrected chi connectivity index (χ3v) is 11.6. The highest BCUT2D eigenvalue weighted by atomic mass is 127. The normalized spacial score (nSPS) is 15.4. The van der Waals surface area contributed by atoms with Gasteiger partial charge in [0.05, 0.1) is 0 Å². The number of alkyl halides is 23. The molecule has 3 rings (SSSR count). The van der Waals surface area contributed by atoms with Gasteiger partial charge in [0.2, 0.25) is 0 Å². The highest BCUT2D eigenvalue weighted by Crippen LogP contribution is 2.71. The Bertz CT molecular complexity index is 1860. The Balaban J connectivity index is 2.23. The molecule has 0 radical (unpaired) electrons. The van der Waals surface area contributed by atoms with Gasteiger partial charge in [0.25, 0.3) is 0 Å². The summed E-state index contributed by atoms with van der Waals surface area (Å²) >= 11 is 1.66. The minimum atomic E-state index is -9.56. The first kappa shape index (κ1) is 48.0. The summed E-state index contributed by atoms with van der Waals surface area (Å²) < 4.78 is 327. The van der Waals surface area contributed by atoms with Gasteiger partial charge in [-0.05, 0) is 81.4 Å². The molecule has 0 aliphatic carbocycles. The van der Waals surface area contributed by atoms with Crippen molar-refractivity contribution in [2.45, 2.75) is 80.1 Å². The lowest BCUT2D eigenvalue weighted by Crippen LogP contribution is -2.78. The molecule has 0 fully saturated rings. The van der Waals surface area contributed by atoms with E-state index in [9.17, 15) is 97.0 Å². The molecule has 0 saturated carbocycles. The van der Waals surface area contributed by atoms with E-state index in [-0.39, 0.29) is 0 Å². The topological polar surface area (TPSA) is 26.3 Å². The number of carbonyl (C=O) groups excluding carboxylic acids is 1. The van der Waals surface area contributed by atoms with Crippen LogP contribution in [0, 0.1) is 3.57 Å². The number of rotatable bonds is 14. The zero-order valence-electron chi connectivity index (χ0n) is 26.4. The summed E-state index contributed by atoms with van der Waals surface area (Å²) in [5, 5.41) is 0. The first-order valence-electron chi connectivity index (χ1n) is 14.1. The van der Waals surface area contributed by atoms with Gasteiger partial charge >= 0.3 is 71.4 Å². The van der Waals surface area contributed by atoms with E-state index in [1.807, 2.05) is 0 Å². The van der Waals surface area contributed by atoms with Crippen LogP contribution in [-0.2, 0) is 8.98 Å². The average Bonchev–Trinajstić information content (AvgIpc) is 3.10. The lowest BCUT2D eigenvalue weighted by Gasteiger charge is -2.45. The molecule has 0 bridgehead atoms. The molecule has 0 heterocycles. The Hall–Kier alpha value is -3.40. The lowest BCUT2D eigenvalue weighted by atomic mass is 9.85. The third-order valence-electron chi connectivity index (χ3n) is 7.66. The minimum Gasteiger partial charge on any atom is -0.397 e. The molecule has 0 N–H and O–H groups in total. The number of hydrogen-bond acceptors (Lipinski definition) is 2. The molecule has 0 saturated heterocycles. The van der Waals surface area contributed by atoms with Gasteiger partial charge < -0.3 is 4.18 Å². The summed E-state index contributed by atoms with van der Waals surface area (Å²) in [7, 11) is -4.36. The molecule has 0 atom stereocenters. The van der Waals surface area contributed by atoms with E-state index in [2.05, 4.69) is 4.18 Å². The number of hydrogen-bond donors (Lipinski definition) is 0. The molecule has 3 aromatic carbocycles. The molecule has 0 spiro atoms. The number of benzene rings is 3. The van der Waals surface area contributed by atoms with Crippen LogP contribution in [0.4, 0.5) is 101 Å². The van der Waals surface area contributed by atoms with Crippen molar-refractivity contribution >= 4 is 38.9 Å². The summed E-state index contributed by atoms with van der Waals surface area (Å²) in [5.74, 6) is -94.5. The van der Waals surface area contributed by atoms with Gasteiger partial charge in [0, 0.05) is 18.3 Å². The van der Waals surface area contributed by atoms with Crippen molar-refractivity contribution in [3.8, 4) is 0 Å². The second kappa shape index (κ2) is 14.4.